The molecule has 0 aromatic heterocycles. The highest BCUT2D eigenvalue weighted by Gasteiger charge is 2.36. The fraction of sp³-hybridized carbons (Fsp3) is 0.571. The van der Waals surface area contributed by atoms with Gasteiger partial charge in [0.2, 0.25) is 11.5 Å². The molecule has 0 heterocycles. The summed E-state index contributed by atoms with van der Waals surface area (Å²) in [5.74, 6) is -3.02. The fourth-order valence-corrected chi connectivity index (χ4v) is 0.676. The van der Waals surface area contributed by atoms with E-state index in [1.807, 2.05) is 0 Å². The third-order valence-corrected chi connectivity index (χ3v) is 1.19. The smallest absolute Gasteiger partial charge is 0.396 e. The number of Topliss-reactive ketones (excluding diaryl/α,β-unsaturated/α-hetero) is 1. The maximum Gasteiger partial charge on any atom is 0.396 e. The number of carbonyl (C=O) groups is 2. The maximum absolute atomic E-state index is 11.7. The Hall–Kier alpha value is -1.60. The van der Waals surface area contributed by atoms with Gasteiger partial charge in [0, 0.05) is 0 Å². The monoisotopic (exact) mass is 227 g/mol. The van der Waals surface area contributed by atoms with E-state index in [1.54, 1.807) is 0 Å². The molecule has 0 radical (unpaired) electrons. The molecule has 5 nitrogen and oxygen atoms in total. The third-order valence-electron chi connectivity index (χ3n) is 1.19. The van der Waals surface area contributed by atoms with Gasteiger partial charge in [-0.15, -0.1) is 0 Å². The maximum atomic E-state index is 11.7. The van der Waals surface area contributed by atoms with Crippen LogP contribution in [0.3, 0.4) is 0 Å². The van der Waals surface area contributed by atoms with Crippen LogP contribution in [0.4, 0.5) is 13.2 Å². The van der Waals surface area contributed by atoms with Crippen LogP contribution in [0.5, 0.6) is 0 Å². The van der Waals surface area contributed by atoms with E-state index >= 15 is 0 Å². The lowest BCUT2D eigenvalue weighted by Gasteiger charge is -2.05. The van der Waals surface area contributed by atoms with Gasteiger partial charge in [-0.2, -0.15) is 13.2 Å². The van der Waals surface area contributed by atoms with Gasteiger partial charge in [-0.05, 0) is 6.92 Å². The minimum atomic E-state index is -4.76. The predicted octanol–water partition coefficient (Wildman–Crippen LogP) is 0.901. The van der Waals surface area contributed by atoms with E-state index < -0.39 is 30.1 Å². The van der Waals surface area contributed by atoms with E-state index in [0.717, 1.165) is 0 Å². The van der Waals surface area contributed by atoms with Crippen LogP contribution in [0.25, 0.3) is 0 Å². The average molecular weight is 227 g/mol. The third kappa shape index (κ3) is 4.99. The molecule has 0 aromatic carbocycles. The SMILES string of the molecule is CCOC(=O)C(=NO)C(=O)CC(F)(F)F. The summed E-state index contributed by atoms with van der Waals surface area (Å²) in [6, 6.07) is 0. The molecule has 0 fully saturated rings. The number of ether oxygens (including phenoxy) is 1. The van der Waals surface area contributed by atoms with Crippen LogP contribution in [0, 0.1) is 0 Å². The molecule has 0 aliphatic heterocycles. The Kier molecular flexibility index (Phi) is 4.75. The predicted molar refractivity (Wildman–Crippen MR) is 41.5 cm³/mol. The van der Waals surface area contributed by atoms with Crippen LogP contribution in [0.15, 0.2) is 5.16 Å². The molecule has 0 amide bonds. The highest BCUT2D eigenvalue weighted by atomic mass is 19.4. The summed E-state index contributed by atoms with van der Waals surface area (Å²) in [6.07, 6.45) is -6.63. The van der Waals surface area contributed by atoms with Crippen LogP contribution in [0.2, 0.25) is 0 Å². The van der Waals surface area contributed by atoms with Gasteiger partial charge in [-0.3, -0.25) is 4.79 Å². The molecular weight excluding hydrogens is 219 g/mol. The molecule has 0 unspecified atom stereocenters. The Morgan fingerprint density at radius 1 is 1.40 bits per heavy atom. The first-order valence-corrected chi connectivity index (χ1v) is 3.81. The van der Waals surface area contributed by atoms with E-state index in [4.69, 9.17) is 5.21 Å². The van der Waals surface area contributed by atoms with Crippen LogP contribution < -0.4 is 0 Å². The van der Waals surface area contributed by atoms with E-state index in [1.165, 1.54) is 6.92 Å². The van der Waals surface area contributed by atoms with E-state index in [9.17, 15) is 22.8 Å². The van der Waals surface area contributed by atoms with Gasteiger partial charge in [0.15, 0.2) is 0 Å². The molecular formula is C7H8F3NO4. The van der Waals surface area contributed by atoms with Gasteiger partial charge in [0.05, 0.1) is 6.61 Å². The molecule has 0 saturated heterocycles. The molecule has 15 heavy (non-hydrogen) atoms. The highest BCUT2D eigenvalue weighted by Crippen LogP contribution is 2.20. The first-order valence-electron chi connectivity index (χ1n) is 3.81. The summed E-state index contributed by atoms with van der Waals surface area (Å²) in [5.41, 5.74) is -1.26. The van der Waals surface area contributed by atoms with Gasteiger partial charge in [0.1, 0.15) is 6.42 Å². The lowest BCUT2D eigenvalue weighted by molar-refractivity contribution is -0.148. The molecule has 0 bridgehead atoms. The number of halogens is 3. The summed E-state index contributed by atoms with van der Waals surface area (Å²) in [7, 11) is 0. The average Bonchev–Trinajstić information content (AvgIpc) is 2.02. The summed E-state index contributed by atoms with van der Waals surface area (Å²) in [4.78, 5) is 21.6. The first kappa shape index (κ1) is 13.4. The lowest BCUT2D eigenvalue weighted by Crippen LogP contribution is -2.30. The summed E-state index contributed by atoms with van der Waals surface area (Å²) >= 11 is 0. The van der Waals surface area contributed by atoms with Crippen molar-refractivity contribution in [3.63, 3.8) is 0 Å². The number of carbonyl (C=O) groups excluding carboxylic acids is 2. The minimum Gasteiger partial charge on any atom is -0.461 e. The van der Waals surface area contributed by atoms with Crippen molar-refractivity contribution in [3.05, 3.63) is 0 Å². The first-order chi connectivity index (χ1) is 6.81. The van der Waals surface area contributed by atoms with E-state index in [0.29, 0.717) is 0 Å². The van der Waals surface area contributed by atoms with Gasteiger partial charge < -0.3 is 9.94 Å². The Bertz CT molecular complexity index is 284. The molecule has 0 aromatic rings. The number of oxime groups is 1. The summed E-state index contributed by atoms with van der Waals surface area (Å²) < 4.78 is 39.4. The van der Waals surface area contributed by atoms with Crippen molar-refractivity contribution in [3.8, 4) is 0 Å². The van der Waals surface area contributed by atoms with Gasteiger partial charge in [-0.25, -0.2) is 4.79 Å². The number of hydrogen-bond acceptors (Lipinski definition) is 5. The molecule has 0 atom stereocenters. The van der Waals surface area contributed by atoms with Crippen molar-refractivity contribution in [1.82, 2.24) is 0 Å². The molecule has 0 rings (SSSR count). The normalized spacial score (nSPS) is 12.4. The van der Waals surface area contributed by atoms with Crippen LogP contribution in [-0.2, 0) is 14.3 Å². The Morgan fingerprint density at radius 3 is 2.27 bits per heavy atom. The minimum absolute atomic E-state index is 0.142. The second-order valence-electron chi connectivity index (χ2n) is 2.38. The molecule has 0 saturated carbocycles. The molecule has 86 valence electrons. The van der Waals surface area contributed by atoms with Gasteiger partial charge in [-0.1, -0.05) is 5.16 Å². The Morgan fingerprint density at radius 2 is 1.93 bits per heavy atom. The Labute approximate surface area is 82.5 Å². The van der Waals surface area contributed by atoms with Crippen molar-refractivity contribution < 1.29 is 32.7 Å². The molecule has 8 heteroatoms. The van der Waals surface area contributed by atoms with Gasteiger partial charge in [0.25, 0.3) is 0 Å². The zero-order chi connectivity index (χ0) is 12.1. The molecule has 0 spiro atoms. The van der Waals surface area contributed by atoms with Crippen molar-refractivity contribution in [2.75, 3.05) is 6.61 Å². The van der Waals surface area contributed by atoms with Crippen LogP contribution in [-0.4, -0.2) is 35.5 Å². The van der Waals surface area contributed by atoms with Crippen molar-refractivity contribution in [1.29, 1.82) is 0 Å². The topological polar surface area (TPSA) is 76.0 Å². The highest BCUT2D eigenvalue weighted by molar-refractivity contribution is 6.64. The fourth-order valence-electron chi connectivity index (χ4n) is 0.676. The molecule has 0 aliphatic carbocycles. The van der Waals surface area contributed by atoms with Crippen molar-refractivity contribution in [2.24, 2.45) is 5.16 Å². The van der Waals surface area contributed by atoms with Crippen molar-refractivity contribution >= 4 is 17.5 Å². The number of nitrogens with zero attached hydrogens (tertiary/aromatic N) is 1. The number of rotatable bonds is 4. The van der Waals surface area contributed by atoms with Gasteiger partial charge >= 0.3 is 12.1 Å². The van der Waals surface area contributed by atoms with Crippen molar-refractivity contribution in [2.45, 2.75) is 19.5 Å². The molecule has 0 aliphatic rings. The zero-order valence-electron chi connectivity index (χ0n) is 7.67. The standard InChI is InChI=1S/C7H8F3NO4/c1-2-15-6(13)5(11-14)4(12)3-7(8,9)10/h14H,2-3H2,1H3. The molecule has 1 N–H and O–H groups in total. The van der Waals surface area contributed by atoms with Crippen LogP contribution >= 0.6 is 0 Å². The lowest BCUT2D eigenvalue weighted by atomic mass is 10.2. The number of esters is 1. The number of hydrogen-bond donors (Lipinski definition) is 1. The quantitative estimate of drug-likeness (QED) is 0.254. The number of ketones is 1. The van der Waals surface area contributed by atoms with E-state index in [2.05, 4.69) is 9.89 Å². The van der Waals surface area contributed by atoms with Crippen LogP contribution in [0.1, 0.15) is 13.3 Å². The second-order valence-corrected chi connectivity index (χ2v) is 2.38. The Balaban J connectivity index is 4.58. The second kappa shape index (κ2) is 5.32. The number of alkyl halides is 3. The summed E-state index contributed by atoms with van der Waals surface area (Å²) in [5, 5.41) is 10.4. The van der Waals surface area contributed by atoms with E-state index in [-0.39, 0.29) is 6.61 Å². The summed E-state index contributed by atoms with van der Waals surface area (Å²) in [6.45, 7) is 1.25. The zero-order valence-corrected chi connectivity index (χ0v) is 7.67. The largest absolute Gasteiger partial charge is 0.461 e.